The molecule has 1 N–H and O–H groups in total. The highest BCUT2D eigenvalue weighted by Gasteiger charge is 2.13. The Labute approximate surface area is 84.3 Å². The van der Waals surface area contributed by atoms with Crippen LogP contribution in [0.5, 0.6) is 0 Å². The molecular weight excluding hydrogens is 174 g/mol. The smallest absolute Gasteiger partial charge is 0.120 e. The van der Waals surface area contributed by atoms with E-state index in [0.29, 0.717) is 6.04 Å². The van der Waals surface area contributed by atoms with Gasteiger partial charge >= 0.3 is 0 Å². The molecule has 0 aromatic carbocycles. The molecule has 1 aromatic rings. The van der Waals surface area contributed by atoms with Crippen LogP contribution >= 0.6 is 0 Å². The van der Waals surface area contributed by atoms with E-state index in [-0.39, 0.29) is 0 Å². The lowest BCUT2D eigenvalue weighted by atomic mass is 10.1. The van der Waals surface area contributed by atoms with Crippen molar-refractivity contribution in [2.24, 2.45) is 0 Å². The number of nitriles is 1. The SMILES string of the molecule is N#Cc1cccn1CC1CCCCN1. The van der Waals surface area contributed by atoms with Crippen LogP contribution in [0.1, 0.15) is 25.0 Å². The number of hydrogen-bond donors (Lipinski definition) is 1. The average Bonchev–Trinajstić information content (AvgIpc) is 2.67. The molecule has 3 nitrogen and oxygen atoms in total. The van der Waals surface area contributed by atoms with Gasteiger partial charge in [0.25, 0.3) is 0 Å². The molecule has 2 rings (SSSR count). The number of piperidine rings is 1. The molecule has 74 valence electrons. The van der Waals surface area contributed by atoms with Gasteiger partial charge in [0, 0.05) is 18.8 Å². The maximum Gasteiger partial charge on any atom is 0.120 e. The molecule has 1 aromatic heterocycles. The highest BCUT2D eigenvalue weighted by Crippen LogP contribution is 2.10. The van der Waals surface area contributed by atoms with Crippen LogP contribution < -0.4 is 5.32 Å². The average molecular weight is 189 g/mol. The van der Waals surface area contributed by atoms with Crippen LogP contribution in [0.3, 0.4) is 0 Å². The Morgan fingerprint density at radius 3 is 3.21 bits per heavy atom. The van der Waals surface area contributed by atoms with Gasteiger partial charge in [0.1, 0.15) is 11.8 Å². The third-order valence-electron chi connectivity index (χ3n) is 2.77. The van der Waals surface area contributed by atoms with Gasteiger partial charge in [-0.2, -0.15) is 5.26 Å². The maximum absolute atomic E-state index is 8.85. The molecule has 14 heavy (non-hydrogen) atoms. The highest BCUT2D eigenvalue weighted by molar-refractivity contribution is 5.22. The number of rotatable bonds is 2. The Hall–Kier alpha value is -1.27. The van der Waals surface area contributed by atoms with Gasteiger partial charge in [0.15, 0.2) is 0 Å². The van der Waals surface area contributed by atoms with Crippen LogP contribution in [-0.2, 0) is 6.54 Å². The zero-order valence-corrected chi connectivity index (χ0v) is 8.24. The van der Waals surface area contributed by atoms with Crippen LogP contribution in [0.15, 0.2) is 18.3 Å². The first-order valence-corrected chi connectivity index (χ1v) is 5.19. The monoisotopic (exact) mass is 189 g/mol. The van der Waals surface area contributed by atoms with E-state index in [4.69, 9.17) is 5.26 Å². The molecule has 2 heterocycles. The normalized spacial score (nSPS) is 21.8. The molecule has 1 fully saturated rings. The third kappa shape index (κ3) is 1.97. The van der Waals surface area contributed by atoms with Crippen LogP contribution in [0.25, 0.3) is 0 Å². The predicted octanol–water partition coefficient (Wildman–Crippen LogP) is 1.50. The lowest BCUT2D eigenvalue weighted by Gasteiger charge is -2.24. The molecule has 0 spiro atoms. The molecule has 1 saturated heterocycles. The fraction of sp³-hybridized carbons (Fsp3) is 0.545. The first-order chi connectivity index (χ1) is 6.90. The molecule has 0 saturated carbocycles. The first-order valence-electron chi connectivity index (χ1n) is 5.19. The second kappa shape index (κ2) is 4.30. The fourth-order valence-corrected chi connectivity index (χ4v) is 1.99. The van der Waals surface area contributed by atoms with Gasteiger partial charge < -0.3 is 9.88 Å². The van der Waals surface area contributed by atoms with E-state index in [1.54, 1.807) is 0 Å². The van der Waals surface area contributed by atoms with Gasteiger partial charge in [-0.3, -0.25) is 0 Å². The molecule has 0 bridgehead atoms. The van der Waals surface area contributed by atoms with Gasteiger partial charge in [-0.15, -0.1) is 0 Å². The van der Waals surface area contributed by atoms with Crippen molar-refractivity contribution in [2.45, 2.75) is 31.8 Å². The van der Waals surface area contributed by atoms with E-state index in [0.717, 1.165) is 18.8 Å². The van der Waals surface area contributed by atoms with E-state index in [9.17, 15) is 0 Å². The molecule has 0 aliphatic carbocycles. The Morgan fingerprint density at radius 2 is 2.50 bits per heavy atom. The summed E-state index contributed by atoms with van der Waals surface area (Å²) in [7, 11) is 0. The lowest BCUT2D eigenvalue weighted by Crippen LogP contribution is -2.37. The van der Waals surface area contributed by atoms with Crippen LogP contribution in [0.2, 0.25) is 0 Å². The number of aromatic nitrogens is 1. The second-order valence-corrected chi connectivity index (χ2v) is 3.80. The van der Waals surface area contributed by atoms with Crippen molar-refractivity contribution in [1.82, 2.24) is 9.88 Å². The molecule has 3 heteroatoms. The van der Waals surface area contributed by atoms with Gasteiger partial charge in [-0.05, 0) is 31.5 Å². The van der Waals surface area contributed by atoms with E-state index in [1.165, 1.54) is 19.3 Å². The minimum atomic E-state index is 0.545. The summed E-state index contributed by atoms with van der Waals surface area (Å²) in [5.74, 6) is 0. The van der Waals surface area contributed by atoms with Crippen molar-refractivity contribution in [1.29, 1.82) is 5.26 Å². The largest absolute Gasteiger partial charge is 0.338 e. The molecule has 1 atom stereocenters. The predicted molar refractivity (Wildman–Crippen MR) is 54.8 cm³/mol. The van der Waals surface area contributed by atoms with Crippen molar-refractivity contribution in [2.75, 3.05) is 6.54 Å². The minimum Gasteiger partial charge on any atom is -0.338 e. The molecular formula is C11H15N3. The van der Waals surface area contributed by atoms with Crippen molar-refractivity contribution in [3.05, 3.63) is 24.0 Å². The zero-order chi connectivity index (χ0) is 9.80. The Bertz CT molecular complexity index is 329. The van der Waals surface area contributed by atoms with Crippen molar-refractivity contribution >= 4 is 0 Å². The highest BCUT2D eigenvalue weighted by atomic mass is 15.0. The molecule has 0 radical (unpaired) electrons. The Kier molecular flexibility index (Phi) is 2.85. The van der Waals surface area contributed by atoms with Crippen molar-refractivity contribution < 1.29 is 0 Å². The summed E-state index contributed by atoms with van der Waals surface area (Å²) in [6.07, 6.45) is 5.80. The number of hydrogen-bond acceptors (Lipinski definition) is 2. The van der Waals surface area contributed by atoms with E-state index in [1.807, 2.05) is 22.9 Å². The topological polar surface area (TPSA) is 40.8 Å². The lowest BCUT2D eigenvalue weighted by molar-refractivity contribution is 0.362. The van der Waals surface area contributed by atoms with Gasteiger partial charge in [0.05, 0.1) is 0 Å². The standard InChI is InChI=1S/C11H15N3/c12-8-11-5-3-7-14(11)9-10-4-1-2-6-13-10/h3,5,7,10,13H,1-2,4,6,9H2. The Balaban J connectivity index is 1.99. The summed E-state index contributed by atoms with van der Waals surface area (Å²) in [5, 5.41) is 12.3. The summed E-state index contributed by atoms with van der Waals surface area (Å²) in [6, 6.07) is 6.54. The molecule has 0 amide bonds. The van der Waals surface area contributed by atoms with Crippen LogP contribution in [0.4, 0.5) is 0 Å². The summed E-state index contributed by atoms with van der Waals surface area (Å²) in [5.41, 5.74) is 0.761. The summed E-state index contributed by atoms with van der Waals surface area (Å²) in [6.45, 7) is 2.05. The van der Waals surface area contributed by atoms with E-state index < -0.39 is 0 Å². The zero-order valence-electron chi connectivity index (χ0n) is 8.24. The van der Waals surface area contributed by atoms with Crippen LogP contribution in [-0.4, -0.2) is 17.2 Å². The summed E-state index contributed by atoms with van der Waals surface area (Å²) < 4.78 is 2.03. The van der Waals surface area contributed by atoms with E-state index in [2.05, 4.69) is 11.4 Å². The number of nitrogens with one attached hydrogen (secondary N) is 1. The van der Waals surface area contributed by atoms with E-state index >= 15 is 0 Å². The minimum absolute atomic E-state index is 0.545. The second-order valence-electron chi connectivity index (χ2n) is 3.80. The maximum atomic E-state index is 8.85. The molecule has 1 aliphatic heterocycles. The van der Waals surface area contributed by atoms with Crippen molar-refractivity contribution in [3.63, 3.8) is 0 Å². The van der Waals surface area contributed by atoms with Gasteiger partial charge in [-0.25, -0.2) is 0 Å². The Morgan fingerprint density at radius 1 is 1.57 bits per heavy atom. The fourth-order valence-electron chi connectivity index (χ4n) is 1.99. The number of nitrogens with zero attached hydrogens (tertiary/aromatic N) is 2. The first kappa shape index (κ1) is 9.29. The molecule has 1 aliphatic rings. The summed E-state index contributed by atoms with van der Waals surface area (Å²) >= 11 is 0. The third-order valence-corrected chi connectivity index (χ3v) is 2.77. The summed E-state index contributed by atoms with van der Waals surface area (Å²) in [4.78, 5) is 0. The van der Waals surface area contributed by atoms with Gasteiger partial charge in [-0.1, -0.05) is 6.42 Å². The van der Waals surface area contributed by atoms with Crippen molar-refractivity contribution in [3.8, 4) is 6.07 Å². The van der Waals surface area contributed by atoms with Gasteiger partial charge in [0.2, 0.25) is 0 Å². The van der Waals surface area contributed by atoms with Crippen LogP contribution in [0, 0.1) is 11.3 Å². The quantitative estimate of drug-likeness (QED) is 0.766. The molecule has 1 unspecified atom stereocenters.